The zero-order valence-electron chi connectivity index (χ0n) is 8.95. The Morgan fingerprint density at radius 3 is 2.88 bits per heavy atom. The van der Waals surface area contributed by atoms with Gasteiger partial charge in [-0.05, 0) is 36.5 Å². The van der Waals surface area contributed by atoms with Crippen LogP contribution in [0.15, 0.2) is 24.3 Å². The first kappa shape index (κ1) is 11.4. The Hall–Kier alpha value is -1.06. The highest BCUT2D eigenvalue weighted by Gasteiger charge is 2.29. The molecule has 0 bridgehead atoms. The summed E-state index contributed by atoms with van der Waals surface area (Å²) in [6, 6.07) is 8.38. The second-order valence-corrected chi connectivity index (χ2v) is 4.70. The van der Waals surface area contributed by atoms with E-state index in [1.807, 2.05) is 18.2 Å². The molecule has 4 heteroatoms. The van der Waals surface area contributed by atoms with E-state index in [2.05, 4.69) is 11.4 Å². The summed E-state index contributed by atoms with van der Waals surface area (Å²) in [4.78, 5) is 10.6. The summed E-state index contributed by atoms with van der Waals surface area (Å²) in [7, 11) is 0. The van der Waals surface area contributed by atoms with Crippen LogP contribution in [0.4, 0.5) is 0 Å². The standard InChI is InChI=1S/C12H15ClN2O/c13-10-3-1-2-8(4-10)9-5-11(6-9)15-7-12(14)16/h1-4,9,11,15H,5-7H2,(H2,14,16). The molecule has 0 heterocycles. The predicted octanol–water partition coefficient (Wildman–Crippen LogP) is 1.66. The summed E-state index contributed by atoms with van der Waals surface area (Å²) in [5.41, 5.74) is 6.35. The van der Waals surface area contributed by atoms with Crippen molar-refractivity contribution in [2.24, 2.45) is 5.73 Å². The van der Waals surface area contributed by atoms with Gasteiger partial charge in [0.05, 0.1) is 6.54 Å². The first-order valence-electron chi connectivity index (χ1n) is 5.42. The smallest absolute Gasteiger partial charge is 0.231 e. The van der Waals surface area contributed by atoms with E-state index in [0.717, 1.165) is 17.9 Å². The number of benzene rings is 1. The maximum Gasteiger partial charge on any atom is 0.231 e. The minimum atomic E-state index is -0.300. The molecular weight excluding hydrogens is 224 g/mol. The van der Waals surface area contributed by atoms with Crippen molar-refractivity contribution < 1.29 is 4.79 Å². The van der Waals surface area contributed by atoms with Gasteiger partial charge in [0.1, 0.15) is 0 Å². The lowest BCUT2D eigenvalue weighted by Crippen LogP contribution is -2.43. The first-order valence-corrected chi connectivity index (χ1v) is 5.80. The molecule has 0 atom stereocenters. The summed E-state index contributed by atoms with van der Waals surface area (Å²) in [5, 5.41) is 3.91. The van der Waals surface area contributed by atoms with E-state index in [1.165, 1.54) is 5.56 Å². The number of hydrogen-bond donors (Lipinski definition) is 2. The van der Waals surface area contributed by atoms with E-state index in [4.69, 9.17) is 17.3 Å². The van der Waals surface area contributed by atoms with Crippen LogP contribution in [-0.2, 0) is 4.79 Å². The van der Waals surface area contributed by atoms with Crippen LogP contribution in [0.5, 0.6) is 0 Å². The van der Waals surface area contributed by atoms with Crippen LogP contribution < -0.4 is 11.1 Å². The van der Waals surface area contributed by atoms with Crippen molar-refractivity contribution in [3.63, 3.8) is 0 Å². The third kappa shape index (κ3) is 2.74. The molecule has 1 amide bonds. The Morgan fingerprint density at radius 1 is 1.50 bits per heavy atom. The first-order chi connectivity index (χ1) is 7.65. The zero-order chi connectivity index (χ0) is 11.5. The molecule has 16 heavy (non-hydrogen) atoms. The Balaban J connectivity index is 1.82. The van der Waals surface area contributed by atoms with Crippen LogP contribution in [0.3, 0.4) is 0 Å². The fraction of sp³-hybridized carbons (Fsp3) is 0.417. The lowest BCUT2D eigenvalue weighted by molar-refractivity contribution is -0.117. The molecule has 0 aromatic heterocycles. The fourth-order valence-electron chi connectivity index (χ4n) is 2.06. The quantitative estimate of drug-likeness (QED) is 0.838. The SMILES string of the molecule is NC(=O)CNC1CC(c2cccc(Cl)c2)C1. The minimum absolute atomic E-state index is 0.271. The Bertz CT molecular complexity index is 388. The maximum absolute atomic E-state index is 10.6. The van der Waals surface area contributed by atoms with Crippen molar-refractivity contribution in [1.82, 2.24) is 5.32 Å². The van der Waals surface area contributed by atoms with Gasteiger partial charge in [0.2, 0.25) is 5.91 Å². The molecule has 1 fully saturated rings. The van der Waals surface area contributed by atoms with Crippen LogP contribution in [0.2, 0.25) is 5.02 Å². The zero-order valence-corrected chi connectivity index (χ0v) is 9.70. The summed E-state index contributed by atoms with van der Waals surface area (Å²) >= 11 is 5.93. The van der Waals surface area contributed by atoms with E-state index >= 15 is 0 Å². The average molecular weight is 239 g/mol. The molecule has 0 aliphatic heterocycles. The van der Waals surface area contributed by atoms with Crippen molar-refractivity contribution >= 4 is 17.5 Å². The fourth-order valence-corrected chi connectivity index (χ4v) is 2.26. The van der Waals surface area contributed by atoms with E-state index in [-0.39, 0.29) is 12.5 Å². The summed E-state index contributed by atoms with van der Waals surface area (Å²) in [6.45, 7) is 0.271. The molecule has 1 aromatic rings. The molecule has 86 valence electrons. The number of halogens is 1. The van der Waals surface area contributed by atoms with Crippen molar-refractivity contribution in [2.75, 3.05) is 6.54 Å². The second-order valence-electron chi connectivity index (χ2n) is 4.27. The highest BCUT2D eigenvalue weighted by Crippen LogP contribution is 2.37. The number of hydrogen-bond acceptors (Lipinski definition) is 2. The third-order valence-corrected chi connectivity index (χ3v) is 3.26. The maximum atomic E-state index is 10.6. The Labute approximate surface area is 100.0 Å². The van der Waals surface area contributed by atoms with E-state index in [9.17, 15) is 4.79 Å². The number of nitrogens with two attached hydrogens (primary N) is 1. The molecular formula is C12H15ClN2O. The van der Waals surface area contributed by atoms with Gasteiger partial charge in [-0.15, -0.1) is 0 Å². The van der Waals surface area contributed by atoms with Crippen LogP contribution in [0.1, 0.15) is 24.3 Å². The molecule has 3 N–H and O–H groups in total. The molecule has 0 saturated heterocycles. The van der Waals surface area contributed by atoms with Crippen LogP contribution in [0.25, 0.3) is 0 Å². The molecule has 2 rings (SSSR count). The largest absolute Gasteiger partial charge is 0.369 e. The van der Waals surface area contributed by atoms with Gasteiger partial charge in [-0.25, -0.2) is 0 Å². The van der Waals surface area contributed by atoms with Gasteiger partial charge in [0.25, 0.3) is 0 Å². The van der Waals surface area contributed by atoms with Crippen molar-refractivity contribution in [1.29, 1.82) is 0 Å². The Morgan fingerprint density at radius 2 is 2.25 bits per heavy atom. The minimum Gasteiger partial charge on any atom is -0.369 e. The average Bonchev–Trinajstić information content (AvgIpc) is 2.14. The topological polar surface area (TPSA) is 55.1 Å². The lowest BCUT2D eigenvalue weighted by atomic mass is 9.76. The monoisotopic (exact) mass is 238 g/mol. The molecule has 1 aliphatic carbocycles. The van der Waals surface area contributed by atoms with Gasteiger partial charge in [-0.3, -0.25) is 4.79 Å². The van der Waals surface area contributed by atoms with Crippen LogP contribution >= 0.6 is 11.6 Å². The highest BCUT2D eigenvalue weighted by molar-refractivity contribution is 6.30. The van der Waals surface area contributed by atoms with E-state index < -0.39 is 0 Å². The number of nitrogens with one attached hydrogen (secondary N) is 1. The van der Waals surface area contributed by atoms with Crippen LogP contribution in [0, 0.1) is 0 Å². The number of primary amides is 1. The molecule has 1 aliphatic rings. The van der Waals surface area contributed by atoms with Gasteiger partial charge in [-0.1, -0.05) is 23.7 Å². The number of carbonyl (C=O) groups excluding carboxylic acids is 1. The summed E-state index contributed by atoms with van der Waals surface area (Å²) in [5.74, 6) is 0.260. The molecule has 1 aromatic carbocycles. The molecule has 0 spiro atoms. The molecule has 1 saturated carbocycles. The number of carbonyl (C=O) groups is 1. The molecule has 0 unspecified atom stereocenters. The third-order valence-electron chi connectivity index (χ3n) is 3.02. The molecule has 3 nitrogen and oxygen atoms in total. The summed E-state index contributed by atoms with van der Waals surface area (Å²) < 4.78 is 0. The van der Waals surface area contributed by atoms with Crippen molar-refractivity contribution in [3.8, 4) is 0 Å². The number of amides is 1. The van der Waals surface area contributed by atoms with E-state index in [0.29, 0.717) is 12.0 Å². The van der Waals surface area contributed by atoms with Gasteiger partial charge in [0, 0.05) is 11.1 Å². The van der Waals surface area contributed by atoms with Gasteiger partial charge in [-0.2, -0.15) is 0 Å². The Kier molecular flexibility index (Phi) is 3.46. The van der Waals surface area contributed by atoms with Crippen molar-refractivity contribution in [3.05, 3.63) is 34.9 Å². The lowest BCUT2D eigenvalue weighted by Gasteiger charge is -2.36. The highest BCUT2D eigenvalue weighted by atomic mass is 35.5. The molecule has 0 radical (unpaired) electrons. The normalized spacial score (nSPS) is 23.8. The van der Waals surface area contributed by atoms with Crippen molar-refractivity contribution in [2.45, 2.75) is 24.8 Å². The predicted molar refractivity (Wildman–Crippen MR) is 64.4 cm³/mol. The van der Waals surface area contributed by atoms with Gasteiger partial charge >= 0.3 is 0 Å². The number of rotatable bonds is 4. The summed E-state index contributed by atoms with van der Waals surface area (Å²) in [6.07, 6.45) is 2.10. The van der Waals surface area contributed by atoms with Crippen LogP contribution in [-0.4, -0.2) is 18.5 Å². The van der Waals surface area contributed by atoms with E-state index in [1.54, 1.807) is 0 Å². The van der Waals surface area contributed by atoms with Gasteiger partial charge < -0.3 is 11.1 Å². The second kappa shape index (κ2) is 4.85. The van der Waals surface area contributed by atoms with Gasteiger partial charge in [0.15, 0.2) is 0 Å².